The summed E-state index contributed by atoms with van der Waals surface area (Å²) in [5, 5.41) is 6.93. The molecular formula is C27H37N3O2. The topological polar surface area (TPSA) is 61.4 Å². The molecule has 172 valence electrons. The Morgan fingerprint density at radius 2 is 1.44 bits per heavy atom. The average Bonchev–Trinajstić information content (AvgIpc) is 2.80. The monoisotopic (exact) mass is 435 g/mol. The van der Waals surface area contributed by atoms with Crippen molar-refractivity contribution in [3.63, 3.8) is 0 Å². The van der Waals surface area contributed by atoms with Crippen LogP contribution in [0.1, 0.15) is 77.8 Å². The first-order chi connectivity index (χ1) is 15.5. The molecule has 0 radical (unpaired) electrons. The molecule has 3 rings (SSSR count). The molecule has 0 spiro atoms. The maximum atomic E-state index is 13.5. The highest BCUT2D eigenvalue weighted by atomic mass is 16.1. The number of hydrogen-bond acceptors (Lipinski definition) is 5. The fourth-order valence-electron chi connectivity index (χ4n) is 4.33. The molecule has 0 saturated heterocycles. The molecule has 1 aliphatic rings. The smallest absolute Gasteiger partial charge is 0.196 e. The molecular weight excluding hydrogens is 398 g/mol. The van der Waals surface area contributed by atoms with Crippen LogP contribution < -0.4 is 10.6 Å². The second-order valence-electron chi connectivity index (χ2n) is 9.00. The van der Waals surface area contributed by atoms with Crippen molar-refractivity contribution in [3.8, 4) is 0 Å². The fourth-order valence-corrected chi connectivity index (χ4v) is 4.33. The number of nitrogens with zero attached hydrogens (tertiary/aromatic N) is 1. The van der Waals surface area contributed by atoms with Crippen LogP contribution in [0.4, 0.5) is 11.4 Å². The van der Waals surface area contributed by atoms with Crippen LogP contribution in [0.2, 0.25) is 0 Å². The zero-order valence-electron chi connectivity index (χ0n) is 20.0. The standard InChI is InChI=1S/C27H37N3O2/c1-5-7-11-19(6-2)18-29-23-15-14-22(28-16-10-17-30(3)4)24-25(23)27(32)21-13-9-8-12-20(21)26(24)31/h8-9,12-15,19,28-29H,5-7,10-11,16-18H2,1-4H3. The van der Waals surface area contributed by atoms with Crippen molar-refractivity contribution < 1.29 is 9.59 Å². The molecule has 0 bridgehead atoms. The SMILES string of the molecule is CCCCC(CC)CNc1ccc(NCCCN(C)C)c2c1C(=O)c1ccccc1C2=O. The van der Waals surface area contributed by atoms with Crippen molar-refractivity contribution in [2.45, 2.75) is 46.0 Å². The van der Waals surface area contributed by atoms with Crippen molar-refractivity contribution in [3.05, 3.63) is 58.7 Å². The van der Waals surface area contributed by atoms with Gasteiger partial charge >= 0.3 is 0 Å². The molecule has 2 aromatic carbocycles. The molecule has 5 nitrogen and oxygen atoms in total. The maximum absolute atomic E-state index is 13.5. The third kappa shape index (κ3) is 5.39. The van der Waals surface area contributed by atoms with Gasteiger partial charge in [-0.1, -0.05) is 57.4 Å². The lowest BCUT2D eigenvalue weighted by Crippen LogP contribution is -2.25. The highest BCUT2D eigenvalue weighted by Crippen LogP contribution is 2.36. The lowest BCUT2D eigenvalue weighted by Gasteiger charge is -2.25. The Morgan fingerprint density at radius 3 is 1.97 bits per heavy atom. The molecule has 0 fully saturated rings. The Kier molecular flexibility index (Phi) is 8.46. The van der Waals surface area contributed by atoms with E-state index in [1.165, 1.54) is 19.3 Å². The van der Waals surface area contributed by atoms with Gasteiger partial charge in [-0.3, -0.25) is 9.59 Å². The van der Waals surface area contributed by atoms with Crippen LogP contribution in [0.5, 0.6) is 0 Å². The van der Waals surface area contributed by atoms with E-state index < -0.39 is 0 Å². The number of carbonyl (C=O) groups is 2. The first-order valence-corrected chi connectivity index (χ1v) is 12.0. The summed E-state index contributed by atoms with van der Waals surface area (Å²) in [6, 6.07) is 11.1. The molecule has 2 aromatic rings. The van der Waals surface area contributed by atoms with Gasteiger partial charge in [0, 0.05) is 35.6 Å². The van der Waals surface area contributed by atoms with Gasteiger partial charge in [0.15, 0.2) is 11.6 Å². The molecule has 0 heterocycles. The zero-order chi connectivity index (χ0) is 23.1. The zero-order valence-corrected chi connectivity index (χ0v) is 20.0. The van der Waals surface area contributed by atoms with Gasteiger partial charge in [0.1, 0.15) is 0 Å². The van der Waals surface area contributed by atoms with Gasteiger partial charge in [0.25, 0.3) is 0 Å². The first-order valence-electron chi connectivity index (χ1n) is 12.0. The van der Waals surface area contributed by atoms with Gasteiger partial charge < -0.3 is 15.5 Å². The molecule has 5 heteroatoms. The number of hydrogen-bond donors (Lipinski definition) is 2. The molecule has 1 unspecified atom stereocenters. The van der Waals surface area contributed by atoms with E-state index in [4.69, 9.17) is 0 Å². The van der Waals surface area contributed by atoms with E-state index in [-0.39, 0.29) is 11.6 Å². The minimum absolute atomic E-state index is 0.0729. The predicted molar refractivity (Wildman–Crippen MR) is 133 cm³/mol. The average molecular weight is 436 g/mol. The van der Waals surface area contributed by atoms with Gasteiger partial charge in [-0.2, -0.15) is 0 Å². The van der Waals surface area contributed by atoms with Gasteiger partial charge in [0.05, 0.1) is 11.1 Å². The van der Waals surface area contributed by atoms with E-state index in [0.717, 1.165) is 43.9 Å². The summed E-state index contributed by atoms with van der Waals surface area (Å²) >= 11 is 0. The van der Waals surface area contributed by atoms with E-state index in [0.29, 0.717) is 28.2 Å². The van der Waals surface area contributed by atoms with Gasteiger partial charge in [0.2, 0.25) is 0 Å². The summed E-state index contributed by atoms with van der Waals surface area (Å²) < 4.78 is 0. The molecule has 1 atom stereocenters. The van der Waals surface area contributed by atoms with Crippen molar-refractivity contribution in [1.29, 1.82) is 0 Å². The quantitative estimate of drug-likeness (QED) is 0.370. The second-order valence-corrected chi connectivity index (χ2v) is 9.00. The number of rotatable bonds is 12. The largest absolute Gasteiger partial charge is 0.384 e. The number of nitrogens with one attached hydrogen (secondary N) is 2. The van der Waals surface area contributed by atoms with Crippen molar-refractivity contribution in [2.24, 2.45) is 5.92 Å². The van der Waals surface area contributed by atoms with E-state index in [2.05, 4.69) is 29.4 Å². The summed E-state index contributed by atoms with van der Waals surface area (Å²) in [5.41, 5.74) is 3.52. The Hall–Kier alpha value is -2.66. The molecule has 0 saturated carbocycles. The molecule has 0 amide bonds. The Balaban J connectivity index is 1.92. The van der Waals surface area contributed by atoms with Gasteiger partial charge in [-0.15, -0.1) is 0 Å². The van der Waals surface area contributed by atoms with E-state index in [1.54, 1.807) is 12.1 Å². The summed E-state index contributed by atoms with van der Waals surface area (Å²) in [4.78, 5) is 29.1. The molecule has 1 aliphatic carbocycles. The Labute approximate surface area is 192 Å². The van der Waals surface area contributed by atoms with Crippen molar-refractivity contribution >= 4 is 22.9 Å². The van der Waals surface area contributed by atoms with Crippen molar-refractivity contribution in [2.75, 3.05) is 44.4 Å². The summed E-state index contributed by atoms with van der Waals surface area (Å²) in [6.45, 7) is 6.93. The summed E-state index contributed by atoms with van der Waals surface area (Å²) in [7, 11) is 4.09. The van der Waals surface area contributed by atoms with Crippen LogP contribution in [0.15, 0.2) is 36.4 Å². The predicted octanol–water partition coefficient (Wildman–Crippen LogP) is 5.45. The highest BCUT2D eigenvalue weighted by Gasteiger charge is 2.33. The molecule has 0 aliphatic heterocycles. The van der Waals surface area contributed by atoms with Crippen LogP contribution in [-0.2, 0) is 0 Å². The van der Waals surface area contributed by atoms with Crippen LogP contribution in [0.3, 0.4) is 0 Å². The van der Waals surface area contributed by atoms with E-state index in [9.17, 15) is 9.59 Å². The number of benzene rings is 2. The molecule has 32 heavy (non-hydrogen) atoms. The number of ketones is 2. The number of unbranched alkanes of at least 4 members (excludes halogenated alkanes) is 1. The fraction of sp³-hybridized carbons (Fsp3) is 0.481. The van der Waals surface area contributed by atoms with Gasteiger partial charge in [-0.25, -0.2) is 0 Å². The van der Waals surface area contributed by atoms with Crippen LogP contribution in [-0.4, -0.2) is 50.2 Å². The third-order valence-electron chi connectivity index (χ3n) is 6.30. The normalized spacial score (nSPS) is 13.7. The second kappa shape index (κ2) is 11.3. The lowest BCUT2D eigenvalue weighted by molar-refractivity contribution is 0.0980. The number of anilines is 2. The van der Waals surface area contributed by atoms with Crippen LogP contribution in [0, 0.1) is 5.92 Å². The summed E-state index contributed by atoms with van der Waals surface area (Å²) in [6.07, 6.45) is 5.61. The molecule has 0 aromatic heterocycles. The van der Waals surface area contributed by atoms with Crippen LogP contribution in [0.25, 0.3) is 0 Å². The number of fused-ring (bicyclic) bond motifs is 2. The lowest BCUT2D eigenvalue weighted by atomic mass is 9.82. The number of carbonyl (C=O) groups excluding carboxylic acids is 2. The van der Waals surface area contributed by atoms with Crippen molar-refractivity contribution in [1.82, 2.24) is 4.90 Å². The first kappa shape index (κ1) is 24.0. The minimum Gasteiger partial charge on any atom is -0.384 e. The maximum Gasteiger partial charge on any atom is 0.196 e. The Morgan fingerprint density at radius 1 is 0.844 bits per heavy atom. The highest BCUT2D eigenvalue weighted by molar-refractivity contribution is 6.31. The van der Waals surface area contributed by atoms with E-state index in [1.807, 2.05) is 38.4 Å². The van der Waals surface area contributed by atoms with Crippen LogP contribution >= 0.6 is 0 Å². The Bertz CT molecular complexity index is 952. The van der Waals surface area contributed by atoms with Gasteiger partial charge in [-0.05, 0) is 51.5 Å². The van der Waals surface area contributed by atoms with E-state index >= 15 is 0 Å². The summed E-state index contributed by atoms with van der Waals surface area (Å²) in [5.74, 6) is 0.402. The minimum atomic E-state index is -0.0769. The molecule has 2 N–H and O–H groups in total. The third-order valence-corrected chi connectivity index (χ3v) is 6.30.